The Bertz CT molecular complexity index is 263. The summed E-state index contributed by atoms with van der Waals surface area (Å²) in [6, 6.07) is 0.337. The zero-order chi connectivity index (χ0) is 8.97. The summed E-state index contributed by atoms with van der Waals surface area (Å²) in [6.45, 7) is 2.02. The molecular formula is C8H12N2O2. The van der Waals surface area contributed by atoms with Gasteiger partial charge in [-0.15, -0.1) is 0 Å². The van der Waals surface area contributed by atoms with E-state index in [-0.39, 0.29) is 0 Å². The van der Waals surface area contributed by atoms with Gasteiger partial charge in [-0.25, -0.2) is 4.98 Å². The van der Waals surface area contributed by atoms with Gasteiger partial charge in [-0.2, -0.15) is 4.98 Å². The Morgan fingerprint density at radius 1 is 1.33 bits per heavy atom. The smallest absolute Gasteiger partial charge is 0.319 e. The minimum absolute atomic E-state index is 0.337. The quantitative estimate of drug-likeness (QED) is 0.676. The third kappa shape index (κ3) is 1.64. The summed E-state index contributed by atoms with van der Waals surface area (Å²) in [5.74, 6) is 0.587. The monoisotopic (exact) mass is 168 g/mol. The van der Waals surface area contributed by atoms with Crippen molar-refractivity contribution in [1.29, 1.82) is 0 Å². The van der Waals surface area contributed by atoms with Gasteiger partial charge in [-0.05, 0) is 6.42 Å². The predicted molar refractivity (Wildman–Crippen MR) is 44.5 cm³/mol. The standard InChI is InChI=1S/C8H12N2O2/c1-4-6-5-9-8(12-3)10-7(6)11-2/h5H,4H2,1-3H3. The van der Waals surface area contributed by atoms with Gasteiger partial charge in [0.05, 0.1) is 14.2 Å². The molecule has 0 aliphatic rings. The zero-order valence-electron chi connectivity index (χ0n) is 7.50. The zero-order valence-corrected chi connectivity index (χ0v) is 7.50. The maximum absolute atomic E-state index is 5.05. The summed E-state index contributed by atoms with van der Waals surface area (Å²) < 4.78 is 9.90. The van der Waals surface area contributed by atoms with Gasteiger partial charge in [0.1, 0.15) is 0 Å². The molecule has 0 unspecified atom stereocenters. The minimum Gasteiger partial charge on any atom is -0.481 e. The molecule has 0 aliphatic carbocycles. The van der Waals surface area contributed by atoms with Crippen molar-refractivity contribution < 1.29 is 9.47 Å². The van der Waals surface area contributed by atoms with E-state index in [1.54, 1.807) is 13.3 Å². The highest BCUT2D eigenvalue weighted by Gasteiger charge is 2.04. The number of hydrogen-bond donors (Lipinski definition) is 0. The molecule has 0 N–H and O–H groups in total. The van der Waals surface area contributed by atoms with E-state index in [1.165, 1.54) is 7.11 Å². The van der Waals surface area contributed by atoms with E-state index in [1.807, 2.05) is 6.92 Å². The highest BCUT2D eigenvalue weighted by Crippen LogP contribution is 2.16. The van der Waals surface area contributed by atoms with Crippen LogP contribution >= 0.6 is 0 Å². The maximum Gasteiger partial charge on any atom is 0.319 e. The van der Waals surface area contributed by atoms with Crippen LogP contribution in [0.3, 0.4) is 0 Å². The van der Waals surface area contributed by atoms with E-state index in [9.17, 15) is 0 Å². The molecule has 0 bridgehead atoms. The lowest BCUT2D eigenvalue weighted by Gasteiger charge is -2.05. The second-order valence-electron chi connectivity index (χ2n) is 2.24. The van der Waals surface area contributed by atoms with Gasteiger partial charge in [-0.1, -0.05) is 6.92 Å². The van der Waals surface area contributed by atoms with Gasteiger partial charge in [0.25, 0.3) is 0 Å². The second-order valence-corrected chi connectivity index (χ2v) is 2.24. The van der Waals surface area contributed by atoms with Gasteiger partial charge >= 0.3 is 6.01 Å². The van der Waals surface area contributed by atoms with Crippen LogP contribution in [0.25, 0.3) is 0 Å². The molecule has 1 aromatic rings. The van der Waals surface area contributed by atoms with E-state index in [2.05, 4.69) is 9.97 Å². The normalized spacial score (nSPS) is 9.58. The molecule has 1 aromatic heterocycles. The lowest BCUT2D eigenvalue weighted by Crippen LogP contribution is -1.98. The molecule has 0 aromatic carbocycles. The molecule has 4 heteroatoms. The fraction of sp³-hybridized carbons (Fsp3) is 0.500. The van der Waals surface area contributed by atoms with Gasteiger partial charge in [0.15, 0.2) is 0 Å². The largest absolute Gasteiger partial charge is 0.481 e. The predicted octanol–water partition coefficient (Wildman–Crippen LogP) is 1.06. The molecule has 0 aliphatic heterocycles. The maximum atomic E-state index is 5.05. The lowest BCUT2D eigenvalue weighted by molar-refractivity contribution is 0.349. The first-order valence-electron chi connectivity index (χ1n) is 3.75. The molecule has 0 saturated carbocycles. The molecule has 66 valence electrons. The summed E-state index contributed by atoms with van der Waals surface area (Å²) >= 11 is 0. The van der Waals surface area contributed by atoms with E-state index < -0.39 is 0 Å². The van der Waals surface area contributed by atoms with Crippen LogP contribution in [0.1, 0.15) is 12.5 Å². The van der Waals surface area contributed by atoms with Crippen LogP contribution in [0.5, 0.6) is 11.9 Å². The van der Waals surface area contributed by atoms with Crippen molar-refractivity contribution in [2.75, 3.05) is 14.2 Å². The minimum atomic E-state index is 0.337. The van der Waals surface area contributed by atoms with E-state index in [0.29, 0.717) is 11.9 Å². The molecule has 0 amide bonds. The van der Waals surface area contributed by atoms with Gasteiger partial charge in [0, 0.05) is 11.8 Å². The first-order valence-corrected chi connectivity index (χ1v) is 3.75. The Kier molecular flexibility index (Phi) is 2.85. The van der Waals surface area contributed by atoms with E-state index in [0.717, 1.165) is 12.0 Å². The number of rotatable bonds is 3. The Balaban J connectivity index is 3.02. The van der Waals surface area contributed by atoms with Crippen LogP contribution < -0.4 is 9.47 Å². The van der Waals surface area contributed by atoms with Crippen LogP contribution in [-0.4, -0.2) is 24.2 Å². The molecule has 4 nitrogen and oxygen atoms in total. The molecule has 12 heavy (non-hydrogen) atoms. The average molecular weight is 168 g/mol. The highest BCUT2D eigenvalue weighted by atomic mass is 16.5. The van der Waals surface area contributed by atoms with E-state index >= 15 is 0 Å². The molecule has 0 radical (unpaired) electrons. The molecule has 0 spiro atoms. The molecule has 1 rings (SSSR count). The third-order valence-corrected chi connectivity index (χ3v) is 1.56. The lowest BCUT2D eigenvalue weighted by atomic mass is 10.2. The van der Waals surface area contributed by atoms with Crippen molar-refractivity contribution in [1.82, 2.24) is 9.97 Å². The summed E-state index contributed by atoms with van der Waals surface area (Å²) in [7, 11) is 3.11. The van der Waals surface area contributed by atoms with Crippen molar-refractivity contribution >= 4 is 0 Å². The fourth-order valence-electron chi connectivity index (χ4n) is 0.893. The number of aryl methyl sites for hydroxylation is 1. The van der Waals surface area contributed by atoms with Gasteiger partial charge < -0.3 is 9.47 Å². The van der Waals surface area contributed by atoms with Crippen molar-refractivity contribution in [3.63, 3.8) is 0 Å². The molecule has 1 heterocycles. The molecule has 0 saturated heterocycles. The summed E-state index contributed by atoms with van der Waals surface area (Å²) in [6.07, 6.45) is 2.57. The summed E-state index contributed by atoms with van der Waals surface area (Å²) in [5, 5.41) is 0. The summed E-state index contributed by atoms with van der Waals surface area (Å²) in [4.78, 5) is 7.99. The Hall–Kier alpha value is -1.32. The van der Waals surface area contributed by atoms with Crippen LogP contribution in [0.2, 0.25) is 0 Å². The van der Waals surface area contributed by atoms with Crippen LogP contribution in [0.4, 0.5) is 0 Å². The van der Waals surface area contributed by atoms with E-state index in [4.69, 9.17) is 9.47 Å². The first-order chi connectivity index (χ1) is 5.81. The first kappa shape index (κ1) is 8.77. The Labute approximate surface area is 71.6 Å². The van der Waals surface area contributed by atoms with Crippen molar-refractivity contribution in [3.05, 3.63) is 11.8 Å². The SMILES string of the molecule is CCc1cnc(OC)nc1OC. The average Bonchev–Trinajstić information content (AvgIpc) is 2.16. The third-order valence-electron chi connectivity index (χ3n) is 1.56. The van der Waals surface area contributed by atoms with Crippen molar-refractivity contribution in [2.45, 2.75) is 13.3 Å². The van der Waals surface area contributed by atoms with Crippen molar-refractivity contribution in [2.24, 2.45) is 0 Å². The molecule has 0 fully saturated rings. The fourth-order valence-corrected chi connectivity index (χ4v) is 0.893. The summed E-state index contributed by atoms with van der Waals surface area (Å²) in [5.41, 5.74) is 0.985. The number of ether oxygens (including phenoxy) is 2. The molecular weight excluding hydrogens is 156 g/mol. The number of nitrogens with zero attached hydrogens (tertiary/aromatic N) is 2. The van der Waals surface area contributed by atoms with Crippen LogP contribution in [-0.2, 0) is 6.42 Å². The molecule has 0 atom stereocenters. The van der Waals surface area contributed by atoms with Crippen molar-refractivity contribution in [3.8, 4) is 11.9 Å². The van der Waals surface area contributed by atoms with Crippen LogP contribution in [0, 0.1) is 0 Å². The van der Waals surface area contributed by atoms with Gasteiger partial charge in [0.2, 0.25) is 5.88 Å². The number of methoxy groups -OCH3 is 2. The topological polar surface area (TPSA) is 44.2 Å². The second kappa shape index (κ2) is 3.90. The number of hydrogen-bond acceptors (Lipinski definition) is 4. The Morgan fingerprint density at radius 3 is 2.58 bits per heavy atom. The highest BCUT2D eigenvalue weighted by molar-refractivity contribution is 5.24. The number of aromatic nitrogens is 2. The Morgan fingerprint density at radius 2 is 2.08 bits per heavy atom. The van der Waals surface area contributed by atoms with Gasteiger partial charge in [-0.3, -0.25) is 0 Å². The van der Waals surface area contributed by atoms with Crippen LogP contribution in [0.15, 0.2) is 6.20 Å².